The maximum atomic E-state index is 6.06. The molecule has 166 valence electrons. The maximum Gasteiger partial charge on any atom is 0.119 e. The Hall–Kier alpha value is -2.25. The fourth-order valence-corrected chi connectivity index (χ4v) is 3.99. The Balaban J connectivity index is 1.40. The van der Waals surface area contributed by atoms with Gasteiger partial charge in [0.05, 0.1) is 26.4 Å². The summed E-state index contributed by atoms with van der Waals surface area (Å²) in [5.41, 5.74) is 6.10. The zero-order chi connectivity index (χ0) is 21.5. The predicted octanol–water partition coefficient (Wildman–Crippen LogP) is 3.38. The summed E-state index contributed by atoms with van der Waals surface area (Å²) >= 11 is 5.99. The molecule has 2 heterocycles. The molecule has 2 aliphatic rings. The molecule has 0 amide bonds. The fourth-order valence-electron chi connectivity index (χ4n) is 3.86. The van der Waals surface area contributed by atoms with E-state index in [4.69, 9.17) is 25.8 Å². The Labute approximate surface area is 189 Å². The van der Waals surface area contributed by atoms with E-state index in [0.29, 0.717) is 11.6 Å². The Kier molecular flexibility index (Phi) is 7.70. The van der Waals surface area contributed by atoms with Gasteiger partial charge in [-0.15, -0.1) is 0 Å². The third-order valence-corrected chi connectivity index (χ3v) is 5.90. The fraction of sp³-hybridized carbons (Fsp3) is 0.417. The molecule has 2 aromatic carbocycles. The van der Waals surface area contributed by atoms with E-state index in [1.165, 1.54) is 11.1 Å². The van der Waals surface area contributed by atoms with Gasteiger partial charge >= 0.3 is 0 Å². The molecular formula is C24H30ClN3O3. The summed E-state index contributed by atoms with van der Waals surface area (Å²) in [6.07, 6.45) is 3.06. The lowest BCUT2D eigenvalue weighted by atomic mass is 10.0. The van der Waals surface area contributed by atoms with Crippen molar-refractivity contribution in [3.05, 3.63) is 70.9 Å². The van der Waals surface area contributed by atoms with Crippen LogP contribution in [0.5, 0.6) is 11.5 Å². The topological polar surface area (TPSA) is 46.2 Å². The molecular weight excluding hydrogens is 414 g/mol. The molecule has 4 rings (SSSR count). The summed E-state index contributed by atoms with van der Waals surface area (Å²) in [4.78, 5) is 2.44. The first-order valence-corrected chi connectivity index (χ1v) is 11.1. The second kappa shape index (κ2) is 10.9. The van der Waals surface area contributed by atoms with Crippen LogP contribution in [0.25, 0.3) is 0 Å². The second-order valence-corrected chi connectivity index (χ2v) is 8.27. The number of methoxy groups -OCH3 is 1. The molecule has 6 nitrogen and oxygen atoms in total. The van der Waals surface area contributed by atoms with Gasteiger partial charge in [-0.1, -0.05) is 23.7 Å². The van der Waals surface area contributed by atoms with Crippen LogP contribution >= 0.6 is 11.6 Å². The first-order valence-electron chi connectivity index (χ1n) is 10.7. The molecule has 2 aliphatic heterocycles. The molecule has 1 unspecified atom stereocenters. The number of nitrogens with one attached hydrogen (secondary N) is 1. The molecule has 1 atom stereocenters. The summed E-state index contributed by atoms with van der Waals surface area (Å²) in [7, 11) is 1.70. The molecule has 0 saturated carbocycles. The highest BCUT2D eigenvalue weighted by Crippen LogP contribution is 2.22. The Morgan fingerprint density at radius 1 is 1.06 bits per heavy atom. The summed E-state index contributed by atoms with van der Waals surface area (Å²) in [5, 5.41) is 2.90. The van der Waals surface area contributed by atoms with E-state index in [2.05, 4.69) is 33.7 Å². The molecule has 7 heteroatoms. The third-order valence-electron chi connectivity index (χ3n) is 5.64. The van der Waals surface area contributed by atoms with Crippen molar-refractivity contribution in [1.29, 1.82) is 0 Å². The van der Waals surface area contributed by atoms with Gasteiger partial charge in [-0.05, 0) is 48.4 Å². The van der Waals surface area contributed by atoms with Crippen LogP contribution in [0.4, 0.5) is 0 Å². The average molecular weight is 444 g/mol. The molecule has 31 heavy (non-hydrogen) atoms. The predicted molar refractivity (Wildman–Crippen MR) is 123 cm³/mol. The van der Waals surface area contributed by atoms with Crippen LogP contribution in [0.3, 0.4) is 0 Å². The van der Waals surface area contributed by atoms with Crippen LogP contribution in [-0.2, 0) is 11.2 Å². The molecule has 0 radical (unpaired) electrons. The molecule has 0 aliphatic carbocycles. The highest BCUT2D eigenvalue weighted by Gasteiger charge is 2.25. The Bertz CT molecular complexity index is 869. The number of nitrogens with zero attached hydrogens (tertiary/aromatic N) is 2. The van der Waals surface area contributed by atoms with Crippen molar-refractivity contribution < 1.29 is 14.2 Å². The monoisotopic (exact) mass is 443 g/mol. The summed E-state index contributed by atoms with van der Waals surface area (Å²) in [6.45, 7) is 6.08. The van der Waals surface area contributed by atoms with E-state index in [-0.39, 0.29) is 6.04 Å². The molecule has 0 spiro atoms. The highest BCUT2D eigenvalue weighted by atomic mass is 35.5. The van der Waals surface area contributed by atoms with Crippen molar-refractivity contribution in [2.45, 2.75) is 12.5 Å². The van der Waals surface area contributed by atoms with Crippen LogP contribution in [0.15, 0.2) is 60.3 Å². The minimum atomic E-state index is 0.170. The van der Waals surface area contributed by atoms with Crippen molar-refractivity contribution in [3.63, 3.8) is 0 Å². The van der Waals surface area contributed by atoms with E-state index >= 15 is 0 Å². The number of hydrogen-bond donors (Lipinski definition) is 1. The maximum absolute atomic E-state index is 6.06. The molecule has 2 aromatic rings. The van der Waals surface area contributed by atoms with Gasteiger partial charge in [-0.3, -0.25) is 4.90 Å². The molecule has 1 N–H and O–H groups in total. The number of hydrogen-bond acceptors (Lipinski definition) is 6. The average Bonchev–Trinajstić information content (AvgIpc) is 3.19. The first-order chi connectivity index (χ1) is 15.2. The number of benzene rings is 2. The van der Waals surface area contributed by atoms with E-state index in [0.717, 1.165) is 57.3 Å². The summed E-state index contributed by atoms with van der Waals surface area (Å²) < 4.78 is 16.9. The van der Waals surface area contributed by atoms with Gasteiger partial charge in [0, 0.05) is 43.0 Å². The van der Waals surface area contributed by atoms with Crippen molar-refractivity contribution in [1.82, 2.24) is 15.3 Å². The summed E-state index contributed by atoms with van der Waals surface area (Å²) in [5.74, 6) is 1.69. The van der Waals surface area contributed by atoms with Gasteiger partial charge < -0.3 is 19.2 Å². The lowest BCUT2D eigenvalue weighted by molar-refractivity contribution is 0.0336. The number of rotatable bonds is 9. The zero-order valence-corrected chi connectivity index (χ0v) is 18.7. The number of hydrazine groups is 1. The highest BCUT2D eigenvalue weighted by molar-refractivity contribution is 6.30. The number of ether oxygens (including phenoxy) is 3. The van der Waals surface area contributed by atoms with Crippen LogP contribution in [0.1, 0.15) is 5.56 Å². The van der Waals surface area contributed by atoms with Crippen molar-refractivity contribution >= 4 is 11.6 Å². The van der Waals surface area contributed by atoms with Crippen molar-refractivity contribution in [2.24, 2.45) is 0 Å². The van der Waals surface area contributed by atoms with E-state index in [9.17, 15) is 0 Å². The first kappa shape index (κ1) is 22.0. The number of morpholine rings is 1. The molecule has 0 aromatic heterocycles. The number of halogens is 1. The van der Waals surface area contributed by atoms with Crippen LogP contribution in [-0.4, -0.2) is 69.1 Å². The van der Waals surface area contributed by atoms with Crippen LogP contribution < -0.4 is 14.9 Å². The Morgan fingerprint density at radius 2 is 1.87 bits per heavy atom. The van der Waals surface area contributed by atoms with Gasteiger partial charge in [0.15, 0.2) is 0 Å². The SMILES string of the molecule is COc1cccc(CC2NN(CCN3CCOCC3)C=C2COc2ccc(Cl)cc2)c1. The van der Waals surface area contributed by atoms with Crippen LogP contribution in [0.2, 0.25) is 5.02 Å². The molecule has 0 bridgehead atoms. The van der Waals surface area contributed by atoms with Gasteiger partial charge in [0.2, 0.25) is 0 Å². The zero-order valence-electron chi connectivity index (χ0n) is 17.9. The van der Waals surface area contributed by atoms with Crippen LogP contribution in [0, 0.1) is 0 Å². The van der Waals surface area contributed by atoms with Crippen molar-refractivity contribution in [2.75, 3.05) is 53.1 Å². The quantitative estimate of drug-likeness (QED) is 0.641. The van der Waals surface area contributed by atoms with Crippen molar-refractivity contribution in [3.8, 4) is 11.5 Å². The normalized spacial score (nSPS) is 19.4. The second-order valence-electron chi connectivity index (χ2n) is 7.83. The molecule has 1 fully saturated rings. The standard InChI is InChI=1S/C24H30ClN3O3/c1-29-23-4-2-3-19(15-23)16-24-20(18-31-22-7-5-21(25)6-8-22)17-28(26-24)10-9-27-11-13-30-14-12-27/h2-8,15,17,24,26H,9-14,16,18H2,1H3. The summed E-state index contributed by atoms with van der Waals surface area (Å²) in [6, 6.07) is 15.9. The van der Waals surface area contributed by atoms with E-state index in [1.54, 1.807) is 7.11 Å². The minimum Gasteiger partial charge on any atom is -0.497 e. The lowest BCUT2D eigenvalue weighted by Crippen LogP contribution is -2.44. The molecule has 1 saturated heterocycles. The largest absolute Gasteiger partial charge is 0.497 e. The Morgan fingerprint density at radius 3 is 2.65 bits per heavy atom. The third kappa shape index (κ3) is 6.37. The van der Waals surface area contributed by atoms with E-state index < -0.39 is 0 Å². The lowest BCUT2D eigenvalue weighted by Gasteiger charge is -2.29. The van der Waals surface area contributed by atoms with Gasteiger partial charge in [0.1, 0.15) is 18.1 Å². The van der Waals surface area contributed by atoms with Gasteiger partial charge in [0.25, 0.3) is 0 Å². The van der Waals surface area contributed by atoms with Gasteiger partial charge in [-0.25, -0.2) is 5.43 Å². The smallest absolute Gasteiger partial charge is 0.119 e. The van der Waals surface area contributed by atoms with Gasteiger partial charge in [-0.2, -0.15) is 0 Å². The minimum absolute atomic E-state index is 0.170. The van der Waals surface area contributed by atoms with E-state index in [1.807, 2.05) is 36.4 Å².